The summed E-state index contributed by atoms with van der Waals surface area (Å²) in [5.74, 6) is 1.46. The highest BCUT2D eigenvalue weighted by Crippen LogP contribution is 2.19. The van der Waals surface area contributed by atoms with Crippen molar-refractivity contribution < 1.29 is 9.18 Å². The summed E-state index contributed by atoms with van der Waals surface area (Å²) in [6, 6.07) is 10.4. The molecule has 1 aliphatic heterocycles. The van der Waals surface area contributed by atoms with Crippen molar-refractivity contribution in [2.24, 2.45) is 0 Å². The van der Waals surface area contributed by atoms with Crippen molar-refractivity contribution in [2.75, 3.05) is 23.7 Å². The van der Waals surface area contributed by atoms with Gasteiger partial charge < -0.3 is 10.2 Å². The number of pyridine rings is 1. The summed E-state index contributed by atoms with van der Waals surface area (Å²) in [7, 11) is 0. The first kappa shape index (κ1) is 18.7. The van der Waals surface area contributed by atoms with Crippen LogP contribution in [0.25, 0.3) is 0 Å². The molecule has 1 aromatic heterocycles. The third kappa shape index (κ3) is 5.73. The van der Waals surface area contributed by atoms with Crippen LogP contribution < -0.4 is 10.2 Å². The molecule has 26 heavy (non-hydrogen) atoms. The topological polar surface area (TPSA) is 45.2 Å². The second kappa shape index (κ2) is 9.57. The van der Waals surface area contributed by atoms with E-state index in [1.54, 1.807) is 23.9 Å². The number of hydrogen-bond donors (Lipinski definition) is 1. The zero-order chi connectivity index (χ0) is 18.2. The number of aromatic nitrogens is 1. The molecule has 0 unspecified atom stereocenters. The first-order chi connectivity index (χ1) is 12.7. The van der Waals surface area contributed by atoms with Crippen molar-refractivity contribution in [1.29, 1.82) is 0 Å². The summed E-state index contributed by atoms with van der Waals surface area (Å²) in [5, 5.41) is 2.97. The number of hydrogen-bond acceptors (Lipinski definition) is 4. The van der Waals surface area contributed by atoms with Gasteiger partial charge in [0.1, 0.15) is 11.6 Å². The quantitative estimate of drug-likeness (QED) is 0.745. The standard InChI is InChI=1S/C20H24FN3OS/c21-17-4-6-18(7-5-17)26-13-9-20(25)23-15-16-8-10-22-19(14-16)24-11-2-1-3-12-24/h4-8,10,14H,1-3,9,11-13,15H2,(H,23,25). The Balaban J connectivity index is 1.41. The fraction of sp³-hybridized carbons (Fsp3) is 0.400. The minimum absolute atomic E-state index is 0.0240. The molecule has 1 aliphatic rings. The molecule has 1 N–H and O–H groups in total. The number of piperidine rings is 1. The molecule has 2 heterocycles. The van der Waals surface area contributed by atoms with E-state index in [-0.39, 0.29) is 11.7 Å². The molecule has 4 nitrogen and oxygen atoms in total. The van der Waals surface area contributed by atoms with Gasteiger partial charge in [-0.05, 0) is 61.2 Å². The summed E-state index contributed by atoms with van der Waals surface area (Å²) < 4.78 is 12.9. The number of anilines is 1. The van der Waals surface area contributed by atoms with E-state index in [1.165, 1.54) is 31.4 Å². The number of amides is 1. The SMILES string of the molecule is O=C(CCSc1ccc(F)cc1)NCc1ccnc(N2CCCCC2)c1. The number of benzene rings is 1. The lowest BCUT2D eigenvalue weighted by molar-refractivity contribution is -0.120. The van der Waals surface area contributed by atoms with Crippen LogP contribution in [-0.2, 0) is 11.3 Å². The van der Waals surface area contributed by atoms with Crippen LogP contribution in [0.3, 0.4) is 0 Å². The van der Waals surface area contributed by atoms with Crippen LogP contribution in [0.5, 0.6) is 0 Å². The van der Waals surface area contributed by atoms with E-state index in [1.807, 2.05) is 12.3 Å². The largest absolute Gasteiger partial charge is 0.357 e. The van der Waals surface area contributed by atoms with Crippen molar-refractivity contribution in [1.82, 2.24) is 10.3 Å². The summed E-state index contributed by atoms with van der Waals surface area (Å²) in [5.41, 5.74) is 1.07. The fourth-order valence-electron chi connectivity index (χ4n) is 2.95. The Hall–Kier alpha value is -2.08. The van der Waals surface area contributed by atoms with Crippen LogP contribution >= 0.6 is 11.8 Å². The maximum Gasteiger partial charge on any atom is 0.221 e. The second-order valence-electron chi connectivity index (χ2n) is 6.40. The summed E-state index contributed by atoms with van der Waals surface area (Å²) in [6.45, 7) is 2.64. The Bertz CT molecular complexity index is 717. The highest BCUT2D eigenvalue weighted by Gasteiger charge is 2.12. The summed E-state index contributed by atoms with van der Waals surface area (Å²) in [4.78, 5) is 19.8. The van der Waals surface area contributed by atoms with Gasteiger partial charge in [0, 0.05) is 42.9 Å². The van der Waals surface area contributed by atoms with Gasteiger partial charge in [0.2, 0.25) is 5.91 Å². The fourth-order valence-corrected chi connectivity index (χ4v) is 3.80. The molecule has 0 saturated carbocycles. The maximum absolute atomic E-state index is 12.9. The van der Waals surface area contributed by atoms with Crippen LogP contribution in [-0.4, -0.2) is 29.7 Å². The number of thioether (sulfide) groups is 1. The van der Waals surface area contributed by atoms with Gasteiger partial charge in [-0.2, -0.15) is 0 Å². The van der Waals surface area contributed by atoms with E-state index in [9.17, 15) is 9.18 Å². The maximum atomic E-state index is 12.9. The van der Waals surface area contributed by atoms with Crippen molar-refractivity contribution in [3.8, 4) is 0 Å². The predicted octanol–water partition coefficient (Wildman–Crippen LogP) is 4.01. The Morgan fingerprint density at radius 3 is 2.69 bits per heavy atom. The van der Waals surface area contributed by atoms with Gasteiger partial charge in [0.25, 0.3) is 0 Å². The molecule has 1 saturated heterocycles. The molecule has 138 valence electrons. The molecule has 0 radical (unpaired) electrons. The Morgan fingerprint density at radius 2 is 1.92 bits per heavy atom. The van der Waals surface area contributed by atoms with Gasteiger partial charge in [-0.3, -0.25) is 4.79 Å². The van der Waals surface area contributed by atoms with Crippen LogP contribution in [0, 0.1) is 5.82 Å². The van der Waals surface area contributed by atoms with Gasteiger partial charge >= 0.3 is 0 Å². The number of rotatable bonds is 7. The lowest BCUT2D eigenvalue weighted by Gasteiger charge is -2.27. The zero-order valence-corrected chi connectivity index (χ0v) is 15.6. The smallest absolute Gasteiger partial charge is 0.221 e. The third-order valence-corrected chi connectivity index (χ3v) is 5.40. The van der Waals surface area contributed by atoms with Crippen LogP contribution in [0.1, 0.15) is 31.2 Å². The molecule has 2 aromatic rings. The highest BCUT2D eigenvalue weighted by molar-refractivity contribution is 7.99. The third-order valence-electron chi connectivity index (χ3n) is 4.39. The molecule has 6 heteroatoms. The van der Waals surface area contributed by atoms with Gasteiger partial charge in [-0.1, -0.05) is 0 Å². The molecule has 1 amide bonds. The van der Waals surface area contributed by atoms with E-state index in [4.69, 9.17) is 0 Å². The molecular weight excluding hydrogens is 349 g/mol. The molecule has 3 rings (SSSR count). The molecule has 1 aromatic carbocycles. The van der Waals surface area contributed by atoms with E-state index >= 15 is 0 Å². The predicted molar refractivity (Wildman–Crippen MR) is 104 cm³/mol. The lowest BCUT2D eigenvalue weighted by atomic mass is 10.1. The van der Waals surface area contributed by atoms with E-state index in [0.29, 0.717) is 18.7 Å². The monoisotopic (exact) mass is 373 g/mol. The Kier molecular flexibility index (Phi) is 6.89. The molecule has 0 aliphatic carbocycles. The van der Waals surface area contributed by atoms with Crippen LogP contribution in [0.4, 0.5) is 10.2 Å². The van der Waals surface area contributed by atoms with E-state index in [2.05, 4.69) is 21.3 Å². The van der Waals surface area contributed by atoms with Crippen molar-refractivity contribution in [3.63, 3.8) is 0 Å². The van der Waals surface area contributed by atoms with Crippen LogP contribution in [0.15, 0.2) is 47.5 Å². The first-order valence-electron chi connectivity index (χ1n) is 9.06. The minimum Gasteiger partial charge on any atom is -0.357 e. The number of carbonyl (C=O) groups excluding carboxylic acids is 1. The Morgan fingerprint density at radius 1 is 1.15 bits per heavy atom. The van der Waals surface area contributed by atoms with Crippen molar-refractivity contribution in [2.45, 2.75) is 37.1 Å². The first-order valence-corrected chi connectivity index (χ1v) is 10.0. The average molecular weight is 373 g/mol. The van der Waals surface area contributed by atoms with Gasteiger partial charge in [-0.15, -0.1) is 11.8 Å². The number of halogens is 1. The average Bonchev–Trinajstić information content (AvgIpc) is 2.69. The van der Waals surface area contributed by atoms with E-state index in [0.717, 1.165) is 29.4 Å². The highest BCUT2D eigenvalue weighted by atomic mass is 32.2. The number of nitrogens with zero attached hydrogens (tertiary/aromatic N) is 2. The van der Waals surface area contributed by atoms with E-state index < -0.39 is 0 Å². The zero-order valence-electron chi connectivity index (χ0n) is 14.8. The lowest BCUT2D eigenvalue weighted by Crippen LogP contribution is -2.30. The van der Waals surface area contributed by atoms with Crippen molar-refractivity contribution >= 4 is 23.5 Å². The molecule has 0 atom stereocenters. The summed E-state index contributed by atoms with van der Waals surface area (Å²) in [6.07, 6.45) is 5.98. The Labute approximate surface area is 158 Å². The minimum atomic E-state index is -0.242. The van der Waals surface area contributed by atoms with Gasteiger partial charge in [-0.25, -0.2) is 9.37 Å². The molecule has 0 spiro atoms. The van der Waals surface area contributed by atoms with Crippen molar-refractivity contribution in [3.05, 3.63) is 54.0 Å². The molecular formula is C20H24FN3OS. The van der Waals surface area contributed by atoms with Crippen LogP contribution in [0.2, 0.25) is 0 Å². The second-order valence-corrected chi connectivity index (χ2v) is 7.57. The normalized spacial score (nSPS) is 14.3. The number of nitrogens with one attached hydrogen (secondary N) is 1. The summed E-state index contributed by atoms with van der Waals surface area (Å²) >= 11 is 1.56. The molecule has 0 bridgehead atoms. The van der Waals surface area contributed by atoms with Gasteiger partial charge in [0.05, 0.1) is 0 Å². The van der Waals surface area contributed by atoms with Gasteiger partial charge in [0.15, 0.2) is 0 Å². The number of carbonyl (C=O) groups is 1. The molecule has 1 fully saturated rings.